The number of nitrogens with one attached hydrogen (secondary N) is 1. The number of phenolic OH excluding ortho intramolecular Hbond substituents is 1. The fraction of sp³-hybridized carbons (Fsp3) is 0.250. The van der Waals surface area contributed by atoms with Gasteiger partial charge in [0.25, 0.3) is 10.0 Å². The topological polar surface area (TPSA) is 84.2 Å². The maximum absolute atomic E-state index is 12.2. The SMILES string of the molecule is CC(C)n1nccc1NS(=O)(=O)c1cccc(O)c1. The van der Waals surface area contributed by atoms with Crippen LogP contribution in [0.25, 0.3) is 0 Å². The minimum atomic E-state index is -3.73. The molecular formula is C12H15N3O3S. The van der Waals surface area contributed by atoms with E-state index < -0.39 is 10.0 Å². The summed E-state index contributed by atoms with van der Waals surface area (Å²) in [5.41, 5.74) is 0. The van der Waals surface area contributed by atoms with Crippen molar-refractivity contribution in [2.75, 3.05) is 4.72 Å². The Balaban J connectivity index is 2.34. The molecule has 1 heterocycles. The fourth-order valence-corrected chi connectivity index (χ4v) is 2.74. The molecule has 102 valence electrons. The summed E-state index contributed by atoms with van der Waals surface area (Å²) in [5, 5.41) is 13.4. The highest BCUT2D eigenvalue weighted by atomic mass is 32.2. The van der Waals surface area contributed by atoms with Crippen LogP contribution in [0.15, 0.2) is 41.4 Å². The third-order valence-electron chi connectivity index (χ3n) is 2.53. The molecule has 6 nitrogen and oxygen atoms in total. The van der Waals surface area contributed by atoms with Crippen LogP contribution in [0.5, 0.6) is 5.75 Å². The van der Waals surface area contributed by atoms with Gasteiger partial charge in [0, 0.05) is 18.2 Å². The van der Waals surface area contributed by atoms with Gasteiger partial charge in [-0.2, -0.15) is 5.10 Å². The number of sulfonamides is 1. The van der Waals surface area contributed by atoms with E-state index in [9.17, 15) is 13.5 Å². The van der Waals surface area contributed by atoms with Crippen molar-refractivity contribution < 1.29 is 13.5 Å². The zero-order valence-corrected chi connectivity index (χ0v) is 11.4. The average molecular weight is 281 g/mol. The van der Waals surface area contributed by atoms with Gasteiger partial charge in [0.05, 0.1) is 11.1 Å². The lowest BCUT2D eigenvalue weighted by Crippen LogP contribution is -2.17. The van der Waals surface area contributed by atoms with Crippen LogP contribution in [0.4, 0.5) is 5.82 Å². The summed E-state index contributed by atoms with van der Waals surface area (Å²) >= 11 is 0. The molecular weight excluding hydrogens is 266 g/mol. The number of phenols is 1. The van der Waals surface area contributed by atoms with Crippen LogP contribution in [0.2, 0.25) is 0 Å². The maximum atomic E-state index is 12.2. The first-order valence-corrected chi connectivity index (χ1v) is 7.24. The second kappa shape index (κ2) is 4.93. The average Bonchev–Trinajstić information content (AvgIpc) is 2.76. The molecule has 7 heteroatoms. The quantitative estimate of drug-likeness (QED) is 0.897. The van der Waals surface area contributed by atoms with Crippen molar-refractivity contribution in [1.29, 1.82) is 0 Å². The zero-order chi connectivity index (χ0) is 14.0. The van der Waals surface area contributed by atoms with Crippen LogP contribution < -0.4 is 4.72 Å². The third kappa shape index (κ3) is 2.87. The van der Waals surface area contributed by atoms with Crippen molar-refractivity contribution in [1.82, 2.24) is 9.78 Å². The van der Waals surface area contributed by atoms with Gasteiger partial charge in [-0.3, -0.25) is 4.72 Å². The van der Waals surface area contributed by atoms with Crippen LogP contribution >= 0.6 is 0 Å². The summed E-state index contributed by atoms with van der Waals surface area (Å²) in [5.74, 6) is 0.290. The highest BCUT2D eigenvalue weighted by Crippen LogP contribution is 2.20. The predicted molar refractivity (Wildman–Crippen MR) is 71.5 cm³/mol. The van der Waals surface area contributed by atoms with Gasteiger partial charge in [0.2, 0.25) is 0 Å². The van der Waals surface area contributed by atoms with Gasteiger partial charge in [-0.15, -0.1) is 0 Å². The molecule has 0 atom stereocenters. The highest BCUT2D eigenvalue weighted by Gasteiger charge is 2.17. The van der Waals surface area contributed by atoms with E-state index in [1.165, 1.54) is 30.5 Å². The lowest BCUT2D eigenvalue weighted by atomic mass is 10.3. The standard InChI is InChI=1S/C12H15N3O3S/c1-9(2)15-12(6-7-13-15)14-19(17,18)11-5-3-4-10(16)8-11/h3-9,14,16H,1-2H3. The predicted octanol–water partition coefficient (Wildman–Crippen LogP) is 1.97. The van der Waals surface area contributed by atoms with Crippen LogP contribution in [-0.2, 0) is 10.0 Å². The van der Waals surface area contributed by atoms with Gasteiger partial charge in [-0.1, -0.05) is 6.07 Å². The largest absolute Gasteiger partial charge is 0.508 e. The van der Waals surface area contributed by atoms with Crippen molar-refractivity contribution in [2.45, 2.75) is 24.8 Å². The van der Waals surface area contributed by atoms with Gasteiger partial charge in [-0.25, -0.2) is 13.1 Å². The molecule has 0 aliphatic heterocycles. The summed E-state index contributed by atoms with van der Waals surface area (Å²) in [6, 6.07) is 7.12. The molecule has 0 unspecified atom stereocenters. The molecule has 0 spiro atoms. The molecule has 2 aromatic rings. The Morgan fingerprint density at radius 3 is 2.68 bits per heavy atom. The van der Waals surface area contributed by atoms with Crippen molar-refractivity contribution in [3.63, 3.8) is 0 Å². The number of nitrogens with zero attached hydrogens (tertiary/aromatic N) is 2. The fourth-order valence-electron chi connectivity index (χ4n) is 1.65. The number of hydrogen-bond acceptors (Lipinski definition) is 4. The first kappa shape index (κ1) is 13.4. The molecule has 0 fully saturated rings. The monoisotopic (exact) mass is 281 g/mol. The first-order chi connectivity index (χ1) is 8.90. The highest BCUT2D eigenvalue weighted by molar-refractivity contribution is 7.92. The second-order valence-corrected chi connectivity index (χ2v) is 6.04. The Hall–Kier alpha value is -2.02. The summed E-state index contributed by atoms with van der Waals surface area (Å²) < 4.78 is 28.3. The van der Waals surface area contributed by atoms with E-state index >= 15 is 0 Å². The molecule has 0 saturated heterocycles. The van der Waals surface area contributed by atoms with E-state index in [0.717, 1.165) is 0 Å². The molecule has 0 bridgehead atoms. The number of aromatic hydroxyl groups is 1. The second-order valence-electron chi connectivity index (χ2n) is 4.36. The smallest absolute Gasteiger partial charge is 0.263 e. The molecule has 0 radical (unpaired) electrons. The van der Waals surface area contributed by atoms with E-state index in [-0.39, 0.29) is 16.7 Å². The Morgan fingerprint density at radius 2 is 2.05 bits per heavy atom. The van der Waals surface area contributed by atoms with Crippen molar-refractivity contribution >= 4 is 15.8 Å². The number of aromatic nitrogens is 2. The molecule has 0 amide bonds. The minimum absolute atomic E-state index is 0.00371. The van der Waals surface area contributed by atoms with E-state index in [2.05, 4.69) is 9.82 Å². The number of hydrogen-bond donors (Lipinski definition) is 2. The van der Waals surface area contributed by atoms with Gasteiger partial charge in [0.15, 0.2) is 0 Å². The molecule has 1 aromatic carbocycles. The van der Waals surface area contributed by atoms with Crippen molar-refractivity contribution in [3.8, 4) is 5.75 Å². The minimum Gasteiger partial charge on any atom is -0.508 e. The van der Waals surface area contributed by atoms with E-state index in [0.29, 0.717) is 5.82 Å². The maximum Gasteiger partial charge on any atom is 0.263 e. The summed E-state index contributed by atoms with van der Waals surface area (Å²) in [6.07, 6.45) is 1.53. The molecule has 2 N–H and O–H groups in total. The molecule has 1 aromatic heterocycles. The Labute approximate surface area is 111 Å². The summed E-state index contributed by atoms with van der Waals surface area (Å²) in [4.78, 5) is 0.00371. The first-order valence-electron chi connectivity index (χ1n) is 5.75. The van der Waals surface area contributed by atoms with Gasteiger partial charge < -0.3 is 5.11 Å². The lowest BCUT2D eigenvalue weighted by Gasteiger charge is -2.13. The molecule has 19 heavy (non-hydrogen) atoms. The van der Waals surface area contributed by atoms with Crippen LogP contribution in [0.1, 0.15) is 19.9 Å². The summed E-state index contributed by atoms with van der Waals surface area (Å²) in [6.45, 7) is 3.80. The molecule has 0 aliphatic rings. The number of anilines is 1. The molecule has 2 rings (SSSR count). The van der Waals surface area contributed by atoms with Crippen molar-refractivity contribution in [2.24, 2.45) is 0 Å². The number of rotatable bonds is 4. The van der Waals surface area contributed by atoms with E-state index in [1.54, 1.807) is 10.7 Å². The van der Waals surface area contributed by atoms with Crippen LogP contribution in [0, 0.1) is 0 Å². The van der Waals surface area contributed by atoms with Crippen LogP contribution in [-0.4, -0.2) is 23.3 Å². The van der Waals surface area contributed by atoms with E-state index in [1.807, 2.05) is 13.8 Å². The van der Waals surface area contributed by atoms with Gasteiger partial charge >= 0.3 is 0 Å². The molecule has 0 saturated carbocycles. The lowest BCUT2D eigenvalue weighted by molar-refractivity contribution is 0.473. The Kier molecular flexibility index (Phi) is 3.48. The summed E-state index contributed by atoms with van der Waals surface area (Å²) in [7, 11) is -3.73. The Bertz CT molecular complexity index is 677. The van der Waals surface area contributed by atoms with Crippen LogP contribution in [0.3, 0.4) is 0 Å². The van der Waals surface area contributed by atoms with Gasteiger partial charge in [-0.05, 0) is 26.0 Å². The zero-order valence-electron chi connectivity index (χ0n) is 10.6. The normalized spacial score (nSPS) is 11.7. The number of benzene rings is 1. The van der Waals surface area contributed by atoms with E-state index in [4.69, 9.17) is 0 Å². The molecule has 0 aliphatic carbocycles. The Morgan fingerprint density at radius 1 is 1.32 bits per heavy atom. The third-order valence-corrected chi connectivity index (χ3v) is 3.88. The van der Waals surface area contributed by atoms with Gasteiger partial charge in [0.1, 0.15) is 11.6 Å². The van der Waals surface area contributed by atoms with Crippen molar-refractivity contribution in [3.05, 3.63) is 36.5 Å².